The third kappa shape index (κ3) is 4.21. The van der Waals surface area contributed by atoms with Crippen LogP contribution in [0.5, 0.6) is 5.75 Å². The minimum absolute atomic E-state index is 0.00513. The summed E-state index contributed by atoms with van der Waals surface area (Å²) in [6, 6.07) is 5.88. The third-order valence-electron chi connectivity index (χ3n) is 3.63. The molecule has 5 heteroatoms. The number of nitrogens with zero attached hydrogens (tertiary/aromatic N) is 1. The number of hydrogen-bond donors (Lipinski definition) is 1. The molecule has 0 aromatic heterocycles. The standard InChI is InChI=1S/C16H21NO4/c1-11-6-12(2)9-17(8-11)15(19)10-21-16(20)13-4-3-5-14(18)7-13/h3-5,7,11-12,18H,6,8-10H2,1-2H3/t11-,12+. The number of phenols is 1. The number of benzene rings is 1. The van der Waals surface area contributed by atoms with Crippen molar-refractivity contribution in [1.29, 1.82) is 0 Å². The van der Waals surface area contributed by atoms with Crippen molar-refractivity contribution in [2.75, 3.05) is 19.7 Å². The van der Waals surface area contributed by atoms with Crippen LogP contribution < -0.4 is 0 Å². The van der Waals surface area contributed by atoms with Crippen LogP contribution >= 0.6 is 0 Å². The summed E-state index contributed by atoms with van der Waals surface area (Å²) in [5.41, 5.74) is 0.239. The summed E-state index contributed by atoms with van der Waals surface area (Å²) in [6.07, 6.45) is 1.12. The number of likely N-dealkylation sites (tertiary alicyclic amines) is 1. The minimum Gasteiger partial charge on any atom is -0.508 e. The molecule has 21 heavy (non-hydrogen) atoms. The average Bonchev–Trinajstić information content (AvgIpc) is 2.43. The maximum Gasteiger partial charge on any atom is 0.338 e. The lowest BCUT2D eigenvalue weighted by atomic mass is 9.92. The summed E-state index contributed by atoms with van der Waals surface area (Å²) in [4.78, 5) is 25.7. The van der Waals surface area contributed by atoms with Gasteiger partial charge in [0, 0.05) is 13.1 Å². The summed E-state index contributed by atoms with van der Waals surface area (Å²) >= 11 is 0. The van der Waals surface area contributed by atoms with Gasteiger partial charge in [0.05, 0.1) is 5.56 Å². The third-order valence-corrected chi connectivity index (χ3v) is 3.63. The molecule has 1 aromatic carbocycles. The first-order valence-corrected chi connectivity index (χ1v) is 7.19. The van der Waals surface area contributed by atoms with Crippen LogP contribution in [0.15, 0.2) is 24.3 Å². The van der Waals surface area contributed by atoms with Crippen LogP contribution in [0.2, 0.25) is 0 Å². The Hall–Kier alpha value is -2.04. The van der Waals surface area contributed by atoms with Gasteiger partial charge in [-0.15, -0.1) is 0 Å². The van der Waals surface area contributed by atoms with Gasteiger partial charge in [-0.2, -0.15) is 0 Å². The molecule has 114 valence electrons. The molecule has 1 saturated heterocycles. The second-order valence-electron chi connectivity index (χ2n) is 5.87. The highest BCUT2D eigenvalue weighted by molar-refractivity contribution is 5.91. The summed E-state index contributed by atoms with van der Waals surface area (Å²) in [7, 11) is 0. The van der Waals surface area contributed by atoms with E-state index in [0.717, 1.165) is 6.42 Å². The predicted molar refractivity (Wildman–Crippen MR) is 77.9 cm³/mol. The molecule has 0 bridgehead atoms. The number of carbonyl (C=O) groups is 2. The van der Waals surface area contributed by atoms with Crippen LogP contribution in [0.25, 0.3) is 0 Å². The Morgan fingerprint density at radius 1 is 1.29 bits per heavy atom. The maximum absolute atomic E-state index is 12.1. The first-order valence-electron chi connectivity index (χ1n) is 7.19. The fourth-order valence-corrected chi connectivity index (χ4v) is 2.80. The van der Waals surface area contributed by atoms with Gasteiger partial charge in [0.2, 0.25) is 0 Å². The topological polar surface area (TPSA) is 66.8 Å². The van der Waals surface area contributed by atoms with Crippen molar-refractivity contribution < 1.29 is 19.4 Å². The van der Waals surface area contributed by atoms with Crippen molar-refractivity contribution in [2.45, 2.75) is 20.3 Å². The number of phenolic OH excluding ortho intramolecular Hbond substituents is 1. The molecular weight excluding hydrogens is 270 g/mol. The van der Waals surface area contributed by atoms with Gasteiger partial charge in [0.25, 0.3) is 5.91 Å². The zero-order valence-corrected chi connectivity index (χ0v) is 12.4. The zero-order valence-electron chi connectivity index (χ0n) is 12.4. The molecule has 1 heterocycles. The fraction of sp³-hybridized carbons (Fsp3) is 0.500. The molecule has 1 amide bonds. The second kappa shape index (κ2) is 6.61. The molecule has 1 aromatic rings. The van der Waals surface area contributed by atoms with Gasteiger partial charge in [-0.1, -0.05) is 19.9 Å². The van der Waals surface area contributed by atoms with Gasteiger partial charge in [0.1, 0.15) is 5.75 Å². The van der Waals surface area contributed by atoms with Crippen LogP contribution in [0.4, 0.5) is 0 Å². The SMILES string of the molecule is C[C@@H]1C[C@H](C)CN(C(=O)COC(=O)c2cccc(O)c2)C1. The number of ether oxygens (including phenoxy) is 1. The van der Waals surface area contributed by atoms with Crippen molar-refractivity contribution in [1.82, 2.24) is 4.90 Å². The summed E-state index contributed by atoms with van der Waals surface area (Å²) in [5, 5.41) is 9.32. The van der Waals surface area contributed by atoms with Gasteiger partial charge >= 0.3 is 5.97 Å². The molecule has 1 fully saturated rings. The van der Waals surface area contributed by atoms with Gasteiger partial charge in [0.15, 0.2) is 6.61 Å². The first-order chi connectivity index (χ1) is 9.95. The summed E-state index contributed by atoms with van der Waals surface area (Å²) in [6.45, 7) is 5.41. The highest BCUT2D eigenvalue weighted by Gasteiger charge is 2.26. The smallest absolute Gasteiger partial charge is 0.338 e. The van der Waals surface area contributed by atoms with Crippen molar-refractivity contribution in [3.8, 4) is 5.75 Å². The van der Waals surface area contributed by atoms with Crippen LogP contribution in [0, 0.1) is 11.8 Å². The molecule has 0 saturated carbocycles. The number of piperidine rings is 1. The average molecular weight is 291 g/mol. The number of hydrogen-bond acceptors (Lipinski definition) is 4. The second-order valence-corrected chi connectivity index (χ2v) is 5.87. The Balaban J connectivity index is 1.87. The minimum atomic E-state index is -0.600. The molecule has 2 atom stereocenters. The van der Waals surface area contributed by atoms with Gasteiger partial charge < -0.3 is 14.7 Å². The van der Waals surface area contributed by atoms with E-state index in [1.54, 1.807) is 11.0 Å². The van der Waals surface area contributed by atoms with E-state index in [0.29, 0.717) is 24.9 Å². The summed E-state index contributed by atoms with van der Waals surface area (Å²) < 4.78 is 5.03. The molecule has 0 spiro atoms. The van der Waals surface area contributed by atoms with Gasteiger partial charge in [-0.3, -0.25) is 4.79 Å². The fourth-order valence-electron chi connectivity index (χ4n) is 2.80. The maximum atomic E-state index is 12.1. The lowest BCUT2D eigenvalue weighted by molar-refractivity contribution is -0.137. The quantitative estimate of drug-likeness (QED) is 0.866. The molecule has 1 aliphatic heterocycles. The van der Waals surface area contributed by atoms with Gasteiger partial charge in [-0.05, 0) is 36.5 Å². The van der Waals surface area contributed by atoms with E-state index in [9.17, 15) is 14.7 Å². The first kappa shape index (κ1) is 15.4. The Kier molecular flexibility index (Phi) is 4.83. The highest BCUT2D eigenvalue weighted by atomic mass is 16.5. The normalized spacial score (nSPS) is 21.9. The van der Waals surface area contributed by atoms with E-state index in [1.807, 2.05) is 0 Å². The number of esters is 1. The van der Waals surface area contributed by atoms with E-state index >= 15 is 0 Å². The van der Waals surface area contributed by atoms with E-state index in [-0.39, 0.29) is 23.8 Å². The van der Waals surface area contributed by atoms with Crippen LogP contribution in [0.3, 0.4) is 0 Å². The van der Waals surface area contributed by atoms with Crippen molar-refractivity contribution in [3.63, 3.8) is 0 Å². The molecule has 1 aliphatic rings. The van der Waals surface area contributed by atoms with Crippen molar-refractivity contribution in [2.24, 2.45) is 11.8 Å². The molecule has 1 N–H and O–H groups in total. The number of aromatic hydroxyl groups is 1. The van der Waals surface area contributed by atoms with Gasteiger partial charge in [-0.25, -0.2) is 4.79 Å². The Morgan fingerprint density at radius 3 is 2.57 bits per heavy atom. The van der Waals surface area contributed by atoms with E-state index < -0.39 is 5.97 Å². The molecule has 0 unspecified atom stereocenters. The van der Waals surface area contributed by atoms with Crippen molar-refractivity contribution in [3.05, 3.63) is 29.8 Å². The highest BCUT2D eigenvalue weighted by Crippen LogP contribution is 2.21. The predicted octanol–water partition coefficient (Wildman–Crippen LogP) is 2.05. The zero-order chi connectivity index (χ0) is 15.4. The monoisotopic (exact) mass is 291 g/mol. The van der Waals surface area contributed by atoms with E-state index in [2.05, 4.69) is 13.8 Å². The number of carbonyl (C=O) groups excluding carboxylic acids is 2. The van der Waals surface area contributed by atoms with Crippen LogP contribution in [-0.2, 0) is 9.53 Å². The largest absolute Gasteiger partial charge is 0.508 e. The number of rotatable bonds is 3. The Bertz CT molecular complexity index is 519. The molecule has 2 rings (SSSR count). The van der Waals surface area contributed by atoms with Crippen LogP contribution in [-0.4, -0.2) is 41.6 Å². The lowest BCUT2D eigenvalue weighted by Crippen LogP contribution is -2.44. The Morgan fingerprint density at radius 2 is 1.95 bits per heavy atom. The Labute approximate surface area is 124 Å². The van der Waals surface area contributed by atoms with Crippen LogP contribution in [0.1, 0.15) is 30.6 Å². The molecule has 0 aliphatic carbocycles. The number of amides is 1. The molecule has 5 nitrogen and oxygen atoms in total. The van der Waals surface area contributed by atoms with E-state index in [1.165, 1.54) is 18.2 Å². The lowest BCUT2D eigenvalue weighted by Gasteiger charge is -2.34. The molecule has 0 radical (unpaired) electrons. The van der Waals surface area contributed by atoms with E-state index in [4.69, 9.17) is 4.74 Å². The summed E-state index contributed by atoms with van der Waals surface area (Å²) in [5.74, 6) is 0.174. The van der Waals surface area contributed by atoms with Crippen molar-refractivity contribution >= 4 is 11.9 Å². The molecular formula is C16H21NO4.